The predicted octanol–water partition coefficient (Wildman–Crippen LogP) is 0.235. The highest BCUT2D eigenvalue weighted by atomic mass is 16.5. The lowest BCUT2D eigenvalue weighted by Gasteiger charge is -2.13. The number of ether oxygens (including phenoxy) is 1. The molecule has 0 aliphatic heterocycles. The van der Waals surface area contributed by atoms with Crippen LogP contribution in [0.15, 0.2) is 10.9 Å². The first-order chi connectivity index (χ1) is 8.18. The van der Waals surface area contributed by atoms with Crippen LogP contribution in [0, 0.1) is 5.92 Å². The maximum atomic E-state index is 9.58. The van der Waals surface area contributed by atoms with E-state index in [9.17, 15) is 5.11 Å². The minimum atomic E-state index is -0.476. The van der Waals surface area contributed by atoms with E-state index in [0.717, 1.165) is 0 Å². The molecule has 0 aliphatic carbocycles. The number of hydrogen-bond donors (Lipinski definition) is 2. The molecule has 1 rings (SSSR count). The van der Waals surface area contributed by atoms with Gasteiger partial charge in [0.25, 0.3) is 0 Å². The maximum absolute atomic E-state index is 9.58. The van der Waals surface area contributed by atoms with Gasteiger partial charge in [-0.1, -0.05) is 19.0 Å². The van der Waals surface area contributed by atoms with Gasteiger partial charge < -0.3 is 19.7 Å². The van der Waals surface area contributed by atoms with Crippen molar-refractivity contribution in [2.45, 2.75) is 26.4 Å². The Kier molecular flexibility index (Phi) is 6.76. The molecule has 1 aromatic rings. The Morgan fingerprint density at radius 1 is 1.47 bits per heavy atom. The molecule has 6 heteroatoms. The molecule has 17 heavy (non-hydrogen) atoms. The summed E-state index contributed by atoms with van der Waals surface area (Å²) in [7, 11) is 0. The van der Waals surface area contributed by atoms with Crippen LogP contribution in [0.1, 0.15) is 19.7 Å². The second kappa shape index (κ2) is 8.16. The summed E-state index contributed by atoms with van der Waals surface area (Å²) in [5, 5.41) is 16.2. The molecule has 98 valence electrons. The van der Waals surface area contributed by atoms with E-state index in [4.69, 9.17) is 9.26 Å². The molecule has 0 aromatic carbocycles. The van der Waals surface area contributed by atoms with Crippen LogP contribution in [-0.2, 0) is 11.2 Å². The van der Waals surface area contributed by atoms with Crippen LogP contribution in [0.3, 0.4) is 0 Å². The molecule has 6 nitrogen and oxygen atoms in total. The van der Waals surface area contributed by atoms with Crippen molar-refractivity contribution in [2.75, 3.05) is 26.3 Å². The van der Waals surface area contributed by atoms with Gasteiger partial charge in [-0.2, -0.15) is 4.98 Å². The van der Waals surface area contributed by atoms with Crippen molar-refractivity contribution in [1.29, 1.82) is 0 Å². The number of aliphatic hydroxyl groups excluding tert-OH is 1. The first-order valence-corrected chi connectivity index (χ1v) is 5.90. The zero-order chi connectivity index (χ0) is 12.5. The predicted molar refractivity (Wildman–Crippen MR) is 62.5 cm³/mol. The van der Waals surface area contributed by atoms with E-state index in [0.29, 0.717) is 44.5 Å². The monoisotopic (exact) mass is 243 g/mol. The largest absolute Gasteiger partial charge is 0.389 e. The average molecular weight is 243 g/mol. The van der Waals surface area contributed by atoms with Gasteiger partial charge >= 0.3 is 0 Å². The number of nitrogens with zero attached hydrogens (tertiary/aromatic N) is 2. The number of rotatable bonds is 9. The van der Waals surface area contributed by atoms with Crippen LogP contribution < -0.4 is 5.32 Å². The fourth-order valence-corrected chi connectivity index (χ4v) is 1.27. The SMILES string of the molecule is CC(C)COCC(O)CNCCc1ncno1. The fraction of sp³-hybridized carbons (Fsp3) is 0.818. The van der Waals surface area contributed by atoms with Gasteiger partial charge in [-0.15, -0.1) is 0 Å². The van der Waals surface area contributed by atoms with E-state index in [2.05, 4.69) is 29.3 Å². The normalized spacial score (nSPS) is 13.2. The lowest BCUT2D eigenvalue weighted by atomic mass is 10.2. The summed E-state index contributed by atoms with van der Waals surface area (Å²) < 4.78 is 10.2. The van der Waals surface area contributed by atoms with Crippen molar-refractivity contribution in [3.8, 4) is 0 Å². The number of aliphatic hydroxyl groups is 1. The second-order valence-corrected chi connectivity index (χ2v) is 4.37. The quantitative estimate of drug-likeness (QED) is 0.605. The number of hydrogen-bond acceptors (Lipinski definition) is 6. The van der Waals surface area contributed by atoms with Gasteiger partial charge in [-0.25, -0.2) is 0 Å². The van der Waals surface area contributed by atoms with E-state index in [1.165, 1.54) is 6.33 Å². The molecular weight excluding hydrogens is 222 g/mol. The van der Waals surface area contributed by atoms with Crippen molar-refractivity contribution in [3.05, 3.63) is 12.2 Å². The molecule has 0 amide bonds. The highest BCUT2D eigenvalue weighted by molar-refractivity contribution is 4.75. The van der Waals surface area contributed by atoms with Crippen LogP contribution in [-0.4, -0.2) is 47.7 Å². The third-order valence-electron chi connectivity index (χ3n) is 2.06. The highest BCUT2D eigenvalue weighted by Gasteiger charge is 2.05. The van der Waals surface area contributed by atoms with Gasteiger partial charge in [-0.3, -0.25) is 0 Å². The lowest BCUT2D eigenvalue weighted by Crippen LogP contribution is -2.32. The summed E-state index contributed by atoms with van der Waals surface area (Å²) in [6, 6.07) is 0. The maximum Gasteiger partial charge on any atom is 0.227 e. The van der Waals surface area contributed by atoms with Gasteiger partial charge in [0, 0.05) is 26.1 Å². The molecule has 1 unspecified atom stereocenters. The molecular formula is C11H21N3O3. The number of nitrogens with one attached hydrogen (secondary N) is 1. The van der Waals surface area contributed by atoms with Crippen LogP contribution >= 0.6 is 0 Å². The molecule has 1 atom stereocenters. The minimum Gasteiger partial charge on any atom is -0.389 e. The van der Waals surface area contributed by atoms with Crippen molar-refractivity contribution in [1.82, 2.24) is 15.5 Å². The van der Waals surface area contributed by atoms with Gasteiger partial charge in [0.2, 0.25) is 5.89 Å². The lowest BCUT2D eigenvalue weighted by molar-refractivity contribution is 0.0262. The van der Waals surface area contributed by atoms with Gasteiger partial charge in [0.15, 0.2) is 6.33 Å². The Bertz CT molecular complexity index is 277. The average Bonchev–Trinajstić information content (AvgIpc) is 2.76. The molecule has 0 saturated heterocycles. The zero-order valence-electron chi connectivity index (χ0n) is 10.4. The van der Waals surface area contributed by atoms with E-state index in [1.807, 2.05) is 0 Å². The van der Waals surface area contributed by atoms with Gasteiger partial charge in [0.05, 0.1) is 12.7 Å². The molecule has 0 bridgehead atoms. The fourth-order valence-electron chi connectivity index (χ4n) is 1.27. The van der Waals surface area contributed by atoms with Crippen LogP contribution in [0.25, 0.3) is 0 Å². The Balaban J connectivity index is 1.95. The molecule has 0 fully saturated rings. The number of aromatic nitrogens is 2. The summed E-state index contributed by atoms with van der Waals surface area (Å²) in [6.07, 6.45) is 1.57. The van der Waals surface area contributed by atoms with Gasteiger partial charge in [0.1, 0.15) is 0 Å². The van der Waals surface area contributed by atoms with Crippen LogP contribution in [0.5, 0.6) is 0 Å². The van der Waals surface area contributed by atoms with Gasteiger partial charge in [-0.05, 0) is 5.92 Å². The van der Waals surface area contributed by atoms with Crippen molar-refractivity contribution < 1.29 is 14.4 Å². The summed E-state index contributed by atoms with van der Waals surface area (Å²) in [5.41, 5.74) is 0. The summed E-state index contributed by atoms with van der Waals surface area (Å²) in [5.74, 6) is 1.09. The van der Waals surface area contributed by atoms with E-state index < -0.39 is 6.10 Å². The van der Waals surface area contributed by atoms with Crippen LogP contribution in [0.2, 0.25) is 0 Å². The molecule has 2 N–H and O–H groups in total. The first-order valence-electron chi connectivity index (χ1n) is 5.90. The second-order valence-electron chi connectivity index (χ2n) is 4.37. The Morgan fingerprint density at radius 2 is 2.29 bits per heavy atom. The molecule has 0 saturated carbocycles. The Hall–Kier alpha value is -0.980. The smallest absolute Gasteiger partial charge is 0.227 e. The van der Waals surface area contributed by atoms with E-state index in [-0.39, 0.29) is 0 Å². The zero-order valence-corrected chi connectivity index (χ0v) is 10.4. The summed E-state index contributed by atoms with van der Waals surface area (Å²) in [4.78, 5) is 3.90. The highest BCUT2D eigenvalue weighted by Crippen LogP contribution is 1.94. The van der Waals surface area contributed by atoms with Crippen molar-refractivity contribution >= 4 is 0 Å². The summed E-state index contributed by atoms with van der Waals surface area (Å²) >= 11 is 0. The topological polar surface area (TPSA) is 80.4 Å². The first kappa shape index (κ1) is 14.1. The summed E-state index contributed by atoms with van der Waals surface area (Å²) in [6.45, 7) is 6.41. The van der Waals surface area contributed by atoms with E-state index >= 15 is 0 Å². The molecule has 0 aliphatic rings. The van der Waals surface area contributed by atoms with Crippen molar-refractivity contribution in [2.24, 2.45) is 5.92 Å². The molecule has 0 spiro atoms. The molecule has 0 radical (unpaired) electrons. The molecule has 1 aromatic heterocycles. The third kappa shape index (κ3) is 7.04. The third-order valence-corrected chi connectivity index (χ3v) is 2.06. The Morgan fingerprint density at radius 3 is 2.94 bits per heavy atom. The minimum absolute atomic E-state index is 0.367. The Labute approximate surface area is 101 Å². The van der Waals surface area contributed by atoms with Crippen LogP contribution in [0.4, 0.5) is 0 Å². The van der Waals surface area contributed by atoms with Crippen molar-refractivity contribution in [3.63, 3.8) is 0 Å². The standard InChI is InChI=1S/C11H21N3O3/c1-9(2)6-16-7-10(15)5-12-4-3-11-13-8-14-17-11/h8-10,12,15H,3-7H2,1-2H3. The van der Waals surface area contributed by atoms with E-state index in [1.54, 1.807) is 0 Å². The molecule has 1 heterocycles.